The molecule has 0 amide bonds. The van der Waals surface area contributed by atoms with Crippen molar-refractivity contribution in [2.75, 3.05) is 27.1 Å². The molecule has 0 spiro atoms. The highest BCUT2D eigenvalue weighted by Gasteiger charge is 2.13. The van der Waals surface area contributed by atoms with Crippen LogP contribution in [0, 0.1) is 0 Å². The molecule has 0 saturated carbocycles. The highest BCUT2D eigenvalue weighted by molar-refractivity contribution is 7.80. The zero-order chi connectivity index (χ0) is 14.4. The largest absolute Gasteiger partial charge is 0.454 e. The van der Waals surface area contributed by atoms with Crippen molar-refractivity contribution in [2.24, 2.45) is 5.10 Å². The van der Waals surface area contributed by atoms with E-state index < -0.39 is 0 Å². The minimum absolute atomic E-state index is 0.265. The van der Waals surface area contributed by atoms with Gasteiger partial charge in [-0.2, -0.15) is 5.10 Å². The fourth-order valence-corrected chi connectivity index (χ4v) is 1.77. The van der Waals surface area contributed by atoms with Gasteiger partial charge in [-0.1, -0.05) is 0 Å². The van der Waals surface area contributed by atoms with E-state index in [0.29, 0.717) is 18.3 Å². The second-order valence-electron chi connectivity index (χ2n) is 4.13. The standard InChI is InChI=1S/C13H17N3O3S/c1-9(15-16-13(20)14-5-6-17-2)10-3-4-11-12(7-10)19-8-18-11/h3-4,7H,5-6,8H2,1-2H3,(H2,14,16,20)/b15-9+. The number of nitrogens with zero attached hydrogens (tertiary/aromatic N) is 1. The quantitative estimate of drug-likeness (QED) is 0.369. The average Bonchev–Trinajstić information content (AvgIpc) is 2.92. The van der Waals surface area contributed by atoms with E-state index in [1.165, 1.54) is 0 Å². The van der Waals surface area contributed by atoms with Crippen molar-refractivity contribution in [2.45, 2.75) is 6.92 Å². The molecule has 20 heavy (non-hydrogen) atoms. The van der Waals surface area contributed by atoms with E-state index in [4.69, 9.17) is 26.4 Å². The zero-order valence-corrected chi connectivity index (χ0v) is 12.3. The molecule has 6 nitrogen and oxygen atoms in total. The van der Waals surface area contributed by atoms with Gasteiger partial charge in [-0.05, 0) is 37.3 Å². The van der Waals surface area contributed by atoms with Gasteiger partial charge in [0.15, 0.2) is 16.6 Å². The van der Waals surface area contributed by atoms with Gasteiger partial charge >= 0.3 is 0 Å². The number of benzene rings is 1. The Morgan fingerprint density at radius 2 is 2.20 bits per heavy atom. The summed E-state index contributed by atoms with van der Waals surface area (Å²) in [6.07, 6.45) is 0. The van der Waals surface area contributed by atoms with Gasteiger partial charge in [0, 0.05) is 19.2 Å². The number of hydrogen-bond acceptors (Lipinski definition) is 5. The Balaban J connectivity index is 1.91. The fourth-order valence-electron chi connectivity index (χ4n) is 1.63. The van der Waals surface area contributed by atoms with Crippen LogP contribution in [0.3, 0.4) is 0 Å². The molecule has 0 aliphatic carbocycles. The zero-order valence-electron chi connectivity index (χ0n) is 11.4. The molecule has 1 aliphatic heterocycles. The molecule has 0 bridgehead atoms. The third-order valence-corrected chi connectivity index (χ3v) is 2.94. The predicted octanol–water partition coefficient (Wildman–Crippen LogP) is 1.25. The van der Waals surface area contributed by atoms with Crippen LogP contribution in [0.1, 0.15) is 12.5 Å². The highest BCUT2D eigenvalue weighted by atomic mass is 32.1. The molecule has 0 unspecified atom stereocenters. The van der Waals surface area contributed by atoms with Crippen LogP contribution < -0.4 is 20.2 Å². The van der Waals surface area contributed by atoms with Crippen LogP contribution in [-0.4, -0.2) is 37.9 Å². The number of hydrogen-bond donors (Lipinski definition) is 2. The Bertz CT molecular complexity index is 520. The van der Waals surface area contributed by atoms with Gasteiger partial charge in [0.1, 0.15) is 0 Å². The van der Waals surface area contributed by atoms with Crippen molar-refractivity contribution >= 4 is 23.0 Å². The highest BCUT2D eigenvalue weighted by Crippen LogP contribution is 2.32. The summed E-state index contributed by atoms with van der Waals surface area (Å²) in [4.78, 5) is 0. The van der Waals surface area contributed by atoms with Gasteiger partial charge in [0.25, 0.3) is 0 Å². The number of hydrazone groups is 1. The maximum Gasteiger partial charge on any atom is 0.231 e. The molecule has 0 aromatic heterocycles. The van der Waals surface area contributed by atoms with E-state index in [1.807, 2.05) is 25.1 Å². The smallest absolute Gasteiger partial charge is 0.231 e. The van der Waals surface area contributed by atoms with Crippen LogP contribution in [-0.2, 0) is 4.74 Å². The SMILES string of the molecule is COCCNC(=S)N/N=C(\C)c1ccc2c(c1)OCO2. The van der Waals surface area contributed by atoms with Gasteiger partial charge in [0.05, 0.1) is 12.3 Å². The van der Waals surface area contributed by atoms with Crippen molar-refractivity contribution in [3.05, 3.63) is 23.8 Å². The number of fused-ring (bicyclic) bond motifs is 1. The summed E-state index contributed by atoms with van der Waals surface area (Å²) in [5.41, 5.74) is 4.54. The van der Waals surface area contributed by atoms with Crippen molar-refractivity contribution in [1.82, 2.24) is 10.7 Å². The van der Waals surface area contributed by atoms with E-state index in [0.717, 1.165) is 22.8 Å². The first-order valence-corrected chi connectivity index (χ1v) is 6.58. The Labute approximate surface area is 123 Å². The van der Waals surface area contributed by atoms with E-state index >= 15 is 0 Å². The van der Waals surface area contributed by atoms with E-state index in [1.54, 1.807) is 7.11 Å². The summed E-state index contributed by atoms with van der Waals surface area (Å²) in [6, 6.07) is 5.69. The molecule has 0 fully saturated rings. The van der Waals surface area contributed by atoms with Gasteiger partial charge in [0.2, 0.25) is 6.79 Å². The molecule has 1 heterocycles. The second kappa shape index (κ2) is 7.06. The van der Waals surface area contributed by atoms with Crippen LogP contribution in [0.4, 0.5) is 0 Å². The van der Waals surface area contributed by atoms with Crippen molar-refractivity contribution in [3.63, 3.8) is 0 Å². The normalized spacial score (nSPS) is 13.2. The summed E-state index contributed by atoms with van der Waals surface area (Å²) >= 11 is 5.09. The summed E-state index contributed by atoms with van der Waals surface area (Å²) in [7, 11) is 1.64. The van der Waals surface area contributed by atoms with Crippen LogP contribution in [0.15, 0.2) is 23.3 Å². The van der Waals surface area contributed by atoms with Crippen molar-refractivity contribution < 1.29 is 14.2 Å². The maximum absolute atomic E-state index is 5.33. The van der Waals surface area contributed by atoms with Crippen LogP contribution in [0.2, 0.25) is 0 Å². The van der Waals surface area contributed by atoms with E-state index in [2.05, 4.69) is 15.8 Å². The molecule has 7 heteroatoms. The number of rotatable bonds is 5. The molecule has 0 atom stereocenters. The Hall–Kier alpha value is -1.86. The molecule has 0 saturated heterocycles. The Morgan fingerprint density at radius 3 is 3.00 bits per heavy atom. The molecule has 0 radical (unpaired) electrons. The van der Waals surface area contributed by atoms with E-state index in [9.17, 15) is 0 Å². The first-order chi connectivity index (χ1) is 9.70. The van der Waals surface area contributed by atoms with E-state index in [-0.39, 0.29) is 6.79 Å². The fraction of sp³-hybridized carbons (Fsp3) is 0.385. The monoisotopic (exact) mass is 295 g/mol. The first-order valence-electron chi connectivity index (χ1n) is 6.18. The molecule has 1 aromatic carbocycles. The molecule has 2 rings (SSSR count). The van der Waals surface area contributed by atoms with Crippen molar-refractivity contribution in [3.8, 4) is 11.5 Å². The Morgan fingerprint density at radius 1 is 1.40 bits per heavy atom. The summed E-state index contributed by atoms with van der Waals surface area (Å²) in [6.45, 7) is 3.39. The van der Waals surface area contributed by atoms with Gasteiger partial charge in [-0.25, -0.2) is 0 Å². The number of methoxy groups -OCH3 is 1. The van der Waals surface area contributed by atoms with Gasteiger partial charge in [-0.3, -0.25) is 5.43 Å². The lowest BCUT2D eigenvalue weighted by Gasteiger charge is -2.07. The lowest BCUT2D eigenvalue weighted by Crippen LogP contribution is -2.34. The van der Waals surface area contributed by atoms with Gasteiger partial charge in [-0.15, -0.1) is 0 Å². The predicted molar refractivity (Wildman–Crippen MR) is 80.4 cm³/mol. The van der Waals surface area contributed by atoms with Crippen LogP contribution in [0.5, 0.6) is 11.5 Å². The Kier molecular flexibility index (Phi) is 5.14. The molecule has 108 valence electrons. The molecular formula is C13H17N3O3S. The van der Waals surface area contributed by atoms with Crippen molar-refractivity contribution in [1.29, 1.82) is 0 Å². The summed E-state index contributed by atoms with van der Waals surface area (Å²) in [5.74, 6) is 1.49. The molecule has 2 N–H and O–H groups in total. The van der Waals surface area contributed by atoms with Crippen LogP contribution in [0.25, 0.3) is 0 Å². The first kappa shape index (κ1) is 14.5. The lowest BCUT2D eigenvalue weighted by molar-refractivity contribution is 0.174. The topological polar surface area (TPSA) is 64.1 Å². The van der Waals surface area contributed by atoms with Crippen LogP contribution >= 0.6 is 12.2 Å². The number of nitrogens with one attached hydrogen (secondary N) is 2. The summed E-state index contributed by atoms with van der Waals surface area (Å²) in [5, 5.41) is 7.66. The number of ether oxygens (including phenoxy) is 3. The third kappa shape index (κ3) is 3.82. The number of thiocarbonyl (C=S) groups is 1. The third-order valence-electron chi connectivity index (χ3n) is 2.71. The van der Waals surface area contributed by atoms with Gasteiger partial charge < -0.3 is 19.5 Å². The molecular weight excluding hydrogens is 278 g/mol. The minimum atomic E-state index is 0.265. The summed E-state index contributed by atoms with van der Waals surface area (Å²) < 4.78 is 15.5. The maximum atomic E-state index is 5.33. The second-order valence-corrected chi connectivity index (χ2v) is 4.53. The lowest BCUT2D eigenvalue weighted by atomic mass is 10.1. The minimum Gasteiger partial charge on any atom is -0.454 e. The molecule has 1 aromatic rings. The molecule has 1 aliphatic rings. The average molecular weight is 295 g/mol.